The van der Waals surface area contributed by atoms with Crippen LogP contribution in [0.5, 0.6) is 0 Å². The van der Waals surface area contributed by atoms with E-state index >= 15 is 0 Å². The van der Waals surface area contributed by atoms with Crippen molar-refractivity contribution in [2.45, 2.75) is 136 Å². The number of aryl methyl sites for hydroxylation is 3. The maximum atomic E-state index is 11.9. The fourth-order valence-electron chi connectivity index (χ4n) is 4.38. The Morgan fingerprint density at radius 2 is 1.30 bits per heavy atom. The first-order valence-electron chi connectivity index (χ1n) is 14.0. The highest BCUT2D eigenvalue weighted by Crippen LogP contribution is 2.20. The Morgan fingerprint density at radius 1 is 0.697 bits per heavy atom. The van der Waals surface area contributed by atoms with Gasteiger partial charge in [0.15, 0.2) is 0 Å². The fourth-order valence-corrected chi connectivity index (χ4v) is 4.78. The Morgan fingerprint density at radius 3 is 2.00 bits per heavy atom. The number of carbonyl (C=O) groups excluding carboxylic acids is 1. The first-order valence-corrected chi connectivity index (χ1v) is 15.2. The molecule has 2 nitrogen and oxygen atoms in total. The molecule has 0 radical (unpaired) electrons. The minimum Gasteiger partial charge on any atom is -0.466 e. The third kappa shape index (κ3) is 16.4. The van der Waals surface area contributed by atoms with E-state index in [0.29, 0.717) is 13.0 Å². The molecule has 0 heterocycles. The van der Waals surface area contributed by atoms with Gasteiger partial charge in [0.1, 0.15) is 0 Å². The van der Waals surface area contributed by atoms with Crippen molar-refractivity contribution in [2.75, 3.05) is 11.9 Å². The third-order valence-electron chi connectivity index (χ3n) is 6.51. The van der Waals surface area contributed by atoms with E-state index in [1.807, 2.05) is 0 Å². The number of alkyl halides is 1. The van der Waals surface area contributed by atoms with Crippen molar-refractivity contribution in [3.05, 3.63) is 34.9 Å². The molecule has 0 aliphatic rings. The minimum absolute atomic E-state index is 0.0164. The summed E-state index contributed by atoms with van der Waals surface area (Å²) in [6.45, 7) is 5.13. The van der Waals surface area contributed by atoms with E-state index < -0.39 is 0 Å². The summed E-state index contributed by atoms with van der Waals surface area (Å²) >= 11 is 3.46. The third-order valence-corrected chi connectivity index (χ3v) is 7.07. The molecule has 0 spiro atoms. The van der Waals surface area contributed by atoms with Gasteiger partial charge < -0.3 is 4.74 Å². The van der Waals surface area contributed by atoms with Crippen molar-refractivity contribution in [3.8, 4) is 0 Å². The summed E-state index contributed by atoms with van der Waals surface area (Å²) in [5.74, 6) is -0.0164. The lowest BCUT2D eigenvalue weighted by Gasteiger charge is -2.13. The standard InChI is InChI=1S/C30H51BrO2/c1-3-5-7-12-19-28-23-22-27(26-29(28)20-13-8-6-4-2)18-15-17-25-33-30(32)21-14-10-9-11-16-24-31/h22-23,26H,3-21,24-25H2,1-2H3. The van der Waals surface area contributed by atoms with Crippen LogP contribution < -0.4 is 0 Å². The molecular formula is C30H51BrO2. The molecule has 0 unspecified atom stereocenters. The lowest BCUT2D eigenvalue weighted by Crippen LogP contribution is -2.06. The van der Waals surface area contributed by atoms with Gasteiger partial charge in [-0.3, -0.25) is 4.79 Å². The molecule has 33 heavy (non-hydrogen) atoms. The summed E-state index contributed by atoms with van der Waals surface area (Å²) in [5.41, 5.74) is 4.61. The van der Waals surface area contributed by atoms with Gasteiger partial charge in [-0.1, -0.05) is 106 Å². The monoisotopic (exact) mass is 522 g/mol. The molecule has 0 saturated carbocycles. The summed E-state index contributed by atoms with van der Waals surface area (Å²) in [5, 5.41) is 1.08. The molecule has 190 valence electrons. The van der Waals surface area contributed by atoms with Gasteiger partial charge in [0.05, 0.1) is 6.61 Å². The van der Waals surface area contributed by atoms with Gasteiger partial charge in [0.25, 0.3) is 0 Å². The zero-order valence-electron chi connectivity index (χ0n) is 21.8. The fraction of sp³-hybridized carbons (Fsp3) is 0.767. The predicted octanol–water partition coefficient (Wildman–Crippen LogP) is 9.53. The van der Waals surface area contributed by atoms with E-state index in [2.05, 4.69) is 48.0 Å². The van der Waals surface area contributed by atoms with Gasteiger partial charge in [-0.25, -0.2) is 0 Å². The van der Waals surface area contributed by atoms with Crippen LogP contribution in [0.1, 0.15) is 133 Å². The van der Waals surface area contributed by atoms with Crippen molar-refractivity contribution in [3.63, 3.8) is 0 Å². The SMILES string of the molecule is CCCCCCc1ccc(CCCCOC(=O)CCCCCCCBr)cc1CCCCCC. The van der Waals surface area contributed by atoms with Crippen LogP contribution in [-0.2, 0) is 28.8 Å². The Labute approximate surface area is 213 Å². The second-order valence-corrected chi connectivity index (χ2v) is 10.4. The van der Waals surface area contributed by atoms with Gasteiger partial charge in [-0.15, -0.1) is 0 Å². The van der Waals surface area contributed by atoms with Gasteiger partial charge in [-0.05, 0) is 74.5 Å². The number of ether oxygens (including phenoxy) is 1. The van der Waals surface area contributed by atoms with Gasteiger partial charge in [0.2, 0.25) is 0 Å². The van der Waals surface area contributed by atoms with E-state index in [9.17, 15) is 4.79 Å². The zero-order valence-corrected chi connectivity index (χ0v) is 23.4. The first-order chi connectivity index (χ1) is 16.2. The highest BCUT2D eigenvalue weighted by Gasteiger charge is 2.06. The van der Waals surface area contributed by atoms with Crippen LogP contribution in [0.4, 0.5) is 0 Å². The van der Waals surface area contributed by atoms with Crippen molar-refractivity contribution in [1.29, 1.82) is 0 Å². The average molecular weight is 524 g/mol. The highest BCUT2D eigenvalue weighted by atomic mass is 79.9. The van der Waals surface area contributed by atoms with Crippen LogP contribution >= 0.6 is 15.9 Å². The quantitative estimate of drug-likeness (QED) is 0.0859. The number of hydrogen-bond donors (Lipinski definition) is 0. The molecule has 1 rings (SSSR count). The average Bonchev–Trinajstić information content (AvgIpc) is 2.82. The van der Waals surface area contributed by atoms with Crippen molar-refractivity contribution < 1.29 is 9.53 Å². The summed E-state index contributed by atoms with van der Waals surface area (Å²) in [7, 11) is 0. The van der Waals surface area contributed by atoms with Crippen molar-refractivity contribution in [1.82, 2.24) is 0 Å². The highest BCUT2D eigenvalue weighted by molar-refractivity contribution is 9.09. The van der Waals surface area contributed by atoms with E-state index in [1.165, 1.54) is 89.0 Å². The molecule has 1 aromatic rings. The first kappa shape index (κ1) is 30.2. The molecule has 0 aliphatic heterocycles. The Kier molecular flexibility index (Phi) is 19.8. The summed E-state index contributed by atoms with van der Waals surface area (Å²) in [4.78, 5) is 11.9. The molecule has 0 bridgehead atoms. The zero-order chi connectivity index (χ0) is 24.0. The molecule has 1 aromatic carbocycles. The summed E-state index contributed by atoms with van der Waals surface area (Å²) in [6.07, 6.45) is 22.6. The van der Waals surface area contributed by atoms with E-state index in [4.69, 9.17) is 4.74 Å². The molecule has 0 aliphatic carbocycles. The molecule has 0 aromatic heterocycles. The normalized spacial score (nSPS) is 11.1. The van der Waals surface area contributed by atoms with Crippen LogP contribution in [0.25, 0.3) is 0 Å². The van der Waals surface area contributed by atoms with Crippen LogP contribution in [0.15, 0.2) is 18.2 Å². The van der Waals surface area contributed by atoms with Crippen LogP contribution in [-0.4, -0.2) is 17.9 Å². The Balaban J connectivity index is 2.32. The maximum Gasteiger partial charge on any atom is 0.305 e. The molecular weight excluding hydrogens is 472 g/mol. The molecule has 0 saturated heterocycles. The molecule has 3 heteroatoms. The van der Waals surface area contributed by atoms with Crippen molar-refractivity contribution >= 4 is 21.9 Å². The Hall–Kier alpha value is -0.830. The lowest BCUT2D eigenvalue weighted by molar-refractivity contribution is -0.143. The molecule has 0 N–H and O–H groups in total. The van der Waals surface area contributed by atoms with E-state index in [1.54, 1.807) is 11.1 Å². The number of benzene rings is 1. The van der Waals surface area contributed by atoms with Crippen LogP contribution in [0.3, 0.4) is 0 Å². The number of rotatable bonds is 22. The molecule has 0 amide bonds. The van der Waals surface area contributed by atoms with E-state index in [-0.39, 0.29) is 5.97 Å². The lowest BCUT2D eigenvalue weighted by atomic mass is 9.93. The number of halogens is 1. The molecule has 0 atom stereocenters. The molecule has 0 fully saturated rings. The predicted molar refractivity (Wildman–Crippen MR) is 148 cm³/mol. The minimum atomic E-state index is -0.0164. The second-order valence-electron chi connectivity index (χ2n) is 9.61. The summed E-state index contributed by atoms with van der Waals surface area (Å²) < 4.78 is 5.44. The maximum absolute atomic E-state index is 11.9. The van der Waals surface area contributed by atoms with Crippen LogP contribution in [0.2, 0.25) is 0 Å². The Bertz CT molecular complexity index is 599. The number of esters is 1. The van der Waals surface area contributed by atoms with E-state index in [0.717, 1.165) is 37.4 Å². The topological polar surface area (TPSA) is 26.3 Å². The van der Waals surface area contributed by atoms with Crippen molar-refractivity contribution in [2.24, 2.45) is 0 Å². The largest absolute Gasteiger partial charge is 0.466 e. The smallest absolute Gasteiger partial charge is 0.305 e. The number of hydrogen-bond acceptors (Lipinski definition) is 2. The summed E-state index contributed by atoms with van der Waals surface area (Å²) in [6, 6.07) is 7.21. The van der Waals surface area contributed by atoms with Crippen LogP contribution in [0, 0.1) is 0 Å². The van der Waals surface area contributed by atoms with Gasteiger partial charge in [0, 0.05) is 11.8 Å². The van der Waals surface area contributed by atoms with Gasteiger partial charge >= 0.3 is 5.97 Å². The number of carbonyl (C=O) groups is 1. The second kappa shape index (κ2) is 21.7. The number of unbranched alkanes of at least 4 members (excludes halogenated alkanes) is 11. The van der Waals surface area contributed by atoms with Gasteiger partial charge in [-0.2, -0.15) is 0 Å².